The van der Waals surface area contributed by atoms with Crippen LogP contribution in [0.5, 0.6) is 0 Å². The number of nitrogens with one attached hydrogen (secondary N) is 1. The number of carboxylic acid groups (broad SMARTS) is 1. The van der Waals surface area contributed by atoms with Crippen molar-refractivity contribution in [2.24, 2.45) is 0 Å². The summed E-state index contributed by atoms with van der Waals surface area (Å²) in [7, 11) is 0. The van der Waals surface area contributed by atoms with Gasteiger partial charge in [-0.2, -0.15) is 0 Å². The summed E-state index contributed by atoms with van der Waals surface area (Å²) in [5.74, 6) is -1.27. The van der Waals surface area contributed by atoms with Crippen LogP contribution in [0.3, 0.4) is 0 Å². The fourth-order valence-electron chi connectivity index (χ4n) is 2.06. The second-order valence-corrected chi connectivity index (χ2v) is 5.77. The van der Waals surface area contributed by atoms with E-state index in [1.807, 2.05) is 5.38 Å². The van der Waals surface area contributed by atoms with Crippen LogP contribution >= 0.6 is 11.3 Å². The average molecular weight is 323 g/mol. The minimum atomic E-state index is -0.817. The summed E-state index contributed by atoms with van der Waals surface area (Å²) in [4.78, 5) is 39.3. The molecule has 7 nitrogen and oxygen atoms in total. The molecule has 2 rings (SSSR count). The minimum Gasteiger partial charge on any atom is -0.481 e. The third-order valence-electron chi connectivity index (χ3n) is 3.21. The van der Waals surface area contributed by atoms with Crippen LogP contribution < -0.4 is 10.9 Å². The SMILES string of the molecule is Cc1csc2ncc(C(=O)NCCCCCC(=O)O)c(=O)n12. The van der Waals surface area contributed by atoms with Crippen molar-refractivity contribution in [1.29, 1.82) is 0 Å². The molecule has 1 amide bonds. The van der Waals surface area contributed by atoms with E-state index in [0.29, 0.717) is 30.8 Å². The van der Waals surface area contributed by atoms with Gasteiger partial charge < -0.3 is 10.4 Å². The number of carbonyl (C=O) groups excluding carboxylic acids is 1. The summed E-state index contributed by atoms with van der Waals surface area (Å²) in [6, 6.07) is 0. The highest BCUT2D eigenvalue weighted by Crippen LogP contribution is 2.10. The minimum absolute atomic E-state index is 0.0181. The molecule has 2 heterocycles. The van der Waals surface area contributed by atoms with Crippen LogP contribution in [0.1, 0.15) is 41.7 Å². The molecule has 0 aliphatic heterocycles. The van der Waals surface area contributed by atoms with Gasteiger partial charge >= 0.3 is 5.97 Å². The molecule has 118 valence electrons. The number of carbonyl (C=O) groups is 2. The zero-order valence-electron chi connectivity index (χ0n) is 12.2. The monoisotopic (exact) mass is 323 g/mol. The molecular weight excluding hydrogens is 306 g/mol. The lowest BCUT2D eigenvalue weighted by Gasteiger charge is -2.05. The smallest absolute Gasteiger partial charge is 0.303 e. The molecule has 0 atom stereocenters. The largest absolute Gasteiger partial charge is 0.481 e. The van der Waals surface area contributed by atoms with Gasteiger partial charge in [-0.25, -0.2) is 4.98 Å². The highest BCUT2D eigenvalue weighted by atomic mass is 32.1. The van der Waals surface area contributed by atoms with E-state index in [1.165, 1.54) is 21.9 Å². The van der Waals surface area contributed by atoms with Gasteiger partial charge in [-0.15, -0.1) is 11.3 Å². The first-order chi connectivity index (χ1) is 10.5. The first kappa shape index (κ1) is 16.2. The number of aryl methyl sites for hydroxylation is 1. The van der Waals surface area contributed by atoms with Crippen molar-refractivity contribution in [1.82, 2.24) is 14.7 Å². The summed E-state index contributed by atoms with van der Waals surface area (Å²) < 4.78 is 1.42. The molecule has 0 fully saturated rings. The Hall–Kier alpha value is -2.22. The normalized spacial score (nSPS) is 10.8. The highest BCUT2D eigenvalue weighted by molar-refractivity contribution is 7.15. The number of aliphatic carboxylic acids is 1. The van der Waals surface area contributed by atoms with Crippen molar-refractivity contribution < 1.29 is 14.7 Å². The Balaban J connectivity index is 1.93. The molecule has 0 bridgehead atoms. The maximum absolute atomic E-state index is 12.3. The Bertz CT molecular complexity index is 750. The van der Waals surface area contributed by atoms with Crippen molar-refractivity contribution in [3.05, 3.63) is 33.2 Å². The third kappa shape index (κ3) is 3.70. The van der Waals surface area contributed by atoms with Crippen molar-refractivity contribution in [3.8, 4) is 0 Å². The molecule has 0 radical (unpaired) electrons. The lowest BCUT2D eigenvalue weighted by atomic mass is 10.2. The zero-order valence-corrected chi connectivity index (χ0v) is 13.0. The molecular formula is C14H17N3O4S. The number of carboxylic acids is 1. The molecule has 0 saturated carbocycles. The van der Waals surface area contributed by atoms with E-state index in [1.54, 1.807) is 6.92 Å². The van der Waals surface area contributed by atoms with E-state index in [-0.39, 0.29) is 17.5 Å². The number of thiazole rings is 1. The van der Waals surface area contributed by atoms with Crippen molar-refractivity contribution in [2.45, 2.75) is 32.6 Å². The number of nitrogens with zero attached hydrogens (tertiary/aromatic N) is 2. The van der Waals surface area contributed by atoms with Gasteiger partial charge in [-0.05, 0) is 19.8 Å². The lowest BCUT2D eigenvalue weighted by Crippen LogP contribution is -2.32. The third-order valence-corrected chi connectivity index (χ3v) is 4.17. The summed E-state index contributed by atoms with van der Waals surface area (Å²) in [5, 5.41) is 13.0. The number of fused-ring (bicyclic) bond motifs is 1. The molecule has 2 N–H and O–H groups in total. The van der Waals surface area contributed by atoms with Crippen LogP contribution in [0.4, 0.5) is 0 Å². The van der Waals surface area contributed by atoms with Crippen molar-refractivity contribution in [2.75, 3.05) is 6.54 Å². The van der Waals surface area contributed by atoms with Gasteiger partial charge in [0.25, 0.3) is 11.5 Å². The Labute approximate surface area is 130 Å². The number of unbranched alkanes of at least 4 members (excludes halogenated alkanes) is 2. The van der Waals surface area contributed by atoms with E-state index in [2.05, 4.69) is 10.3 Å². The van der Waals surface area contributed by atoms with Gasteiger partial charge in [-0.1, -0.05) is 6.42 Å². The van der Waals surface area contributed by atoms with Crippen LogP contribution in [0, 0.1) is 6.92 Å². The number of hydrogen-bond donors (Lipinski definition) is 2. The lowest BCUT2D eigenvalue weighted by molar-refractivity contribution is -0.137. The number of rotatable bonds is 7. The average Bonchev–Trinajstić information content (AvgIpc) is 2.85. The van der Waals surface area contributed by atoms with E-state index >= 15 is 0 Å². The number of aromatic nitrogens is 2. The molecule has 0 aromatic carbocycles. The van der Waals surface area contributed by atoms with Gasteiger partial charge in [0.15, 0.2) is 4.96 Å². The quantitative estimate of drug-likeness (QED) is 0.751. The molecule has 0 aliphatic rings. The first-order valence-corrected chi connectivity index (χ1v) is 7.84. The second kappa shape index (κ2) is 7.17. The molecule has 8 heteroatoms. The Morgan fingerprint density at radius 2 is 2.14 bits per heavy atom. The number of amides is 1. The van der Waals surface area contributed by atoms with Crippen LogP contribution in [-0.2, 0) is 4.79 Å². The Kier molecular flexibility index (Phi) is 5.26. The molecule has 0 saturated heterocycles. The molecule has 2 aromatic rings. The van der Waals surface area contributed by atoms with E-state index in [4.69, 9.17) is 5.11 Å². The molecule has 0 unspecified atom stereocenters. The highest BCUT2D eigenvalue weighted by Gasteiger charge is 2.14. The van der Waals surface area contributed by atoms with Gasteiger partial charge in [-0.3, -0.25) is 18.8 Å². The van der Waals surface area contributed by atoms with E-state index < -0.39 is 11.9 Å². The molecule has 22 heavy (non-hydrogen) atoms. The van der Waals surface area contributed by atoms with Crippen LogP contribution in [0.15, 0.2) is 16.4 Å². The van der Waals surface area contributed by atoms with E-state index in [9.17, 15) is 14.4 Å². The van der Waals surface area contributed by atoms with Crippen molar-refractivity contribution >= 4 is 28.2 Å². The number of hydrogen-bond acceptors (Lipinski definition) is 5. The summed E-state index contributed by atoms with van der Waals surface area (Å²) in [5.41, 5.74) is 0.400. The standard InChI is InChI=1S/C14H17N3O4S/c1-9-8-22-14-16-7-10(13(21)17(9)14)12(20)15-6-4-2-3-5-11(18)19/h7-8H,2-6H2,1H3,(H,15,20)(H,18,19). The zero-order chi connectivity index (χ0) is 16.1. The summed E-state index contributed by atoms with van der Waals surface area (Å²) >= 11 is 1.35. The van der Waals surface area contributed by atoms with Gasteiger partial charge in [0.2, 0.25) is 0 Å². The predicted octanol–water partition coefficient (Wildman–Crippen LogP) is 1.44. The van der Waals surface area contributed by atoms with Crippen molar-refractivity contribution in [3.63, 3.8) is 0 Å². The maximum Gasteiger partial charge on any atom is 0.303 e. The topological polar surface area (TPSA) is 101 Å². The fourth-order valence-corrected chi connectivity index (χ4v) is 2.88. The maximum atomic E-state index is 12.3. The van der Waals surface area contributed by atoms with Crippen LogP contribution in [0.2, 0.25) is 0 Å². The molecule has 0 spiro atoms. The predicted molar refractivity (Wildman–Crippen MR) is 82.5 cm³/mol. The Morgan fingerprint density at radius 3 is 2.86 bits per heavy atom. The van der Waals surface area contributed by atoms with Gasteiger partial charge in [0.1, 0.15) is 5.56 Å². The second-order valence-electron chi connectivity index (χ2n) is 4.93. The molecule has 2 aromatic heterocycles. The first-order valence-electron chi connectivity index (χ1n) is 6.96. The summed E-state index contributed by atoms with van der Waals surface area (Å²) in [6.45, 7) is 2.19. The van der Waals surface area contributed by atoms with Crippen LogP contribution in [0.25, 0.3) is 4.96 Å². The summed E-state index contributed by atoms with van der Waals surface area (Å²) in [6.07, 6.45) is 3.40. The van der Waals surface area contributed by atoms with Gasteiger partial charge in [0.05, 0.1) is 0 Å². The van der Waals surface area contributed by atoms with E-state index in [0.717, 1.165) is 5.69 Å². The Morgan fingerprint density at radius 1 is 1.36 bits per heavy atom. The fraction of sp³-hybridized carbons (Fsp3) is 0.429. The molecule has 0 aliphatic carbocycles. The van der Waals surface area contributed by atoms with Crippen LogP contribution in [-0.4, -0.2) is 32.9 Å². The van der Waals surface area contributed by atoms with Gasteiger partial charge in [0, 0.05) is 30.2 Å².